The number of hydrogen-bond donors (Lipinski definition) is 1. The van der Waals surface area contributed by atoms with E-state index in [-0.39, 0.29) is 0 Å². The van der Waals surface area contributed by atoms with E-state index in [4.69, 9.17) is 5.11 Å². The van der Waals surface area contributed by atoms with E-state index in [0.29, 0.717) is 5.75 Å². The first kappa shape index (κ1) is 19.8. The molecule has 5 aromatic rings. The van der Waals surface area contributed by atoms with Crippen molar-refractivity contribution in [1.29, 1.82) is 0 Å². The van der Waals surface area contributed by atoms with Crippen molar-refractivity contribution in [2.24, 2.45) is 0 Å². The third-order valence-corrected chi connectivity index (χ3v) is 4.01. The minimum Gasteiger partial charge on any atom is -0.508 e. The van der Waals surface area contributed by atoms with Crippen LogP contribution in [-0.4, -0.2) is 15.1 Å². The number of aromatic nitrogens is 2. The summed E-state index contributed by atoms with van der Waals surface area (Å²) in [6, 6.07) is 37.3. The van der Waals surface area contributed by atoms with Crippen molar-refractivity contribution in [2.75, 3.05) is 0 Å². The van der Waals surface area contributed by atoms with E-state index in [1.54, 1.807) is 36.7 Å². The van der Waals surface area contributed by atoms with Crippen molar-refractivity contribution in [3.63, 3.8) is 0 Å². The highest BCUT2D eigenvalue weighted by atomic mass is 16.3. The molecule has 1 aromatic heterocycles. The Kier molecular flexibility index (Phi) is 7.50. The lowest BCUT2D eigenvalue weighted by Crippen LogP contribution is -1.78. The van der Waals surface area contributed by atoms with Gasteiger partial charge < -0.3 is 5.11 Å². The molecule has 3 heteroatoms. The molecule has 0 atom stereocenters. The van der Waals surface area contributed by atoms with E-state index in [9.17, 15) is 0 Å². The number of rotatable bonds is 1. The standard InChI is InChI=1S/C12H10.C8H6N2.C6H6O/c1-3-7-11(8-4-1)12-9-5-2-6-10-12;1-2-4-8-7(3-1)9-5-6-10-8;7-6-4-2-1-3-5-6/h1-10H;1-6H;1-5,7H. The quantitative estimate of drug-likeness (QED) is 0.368. The van der Waals surface area contributed by atoms with Gasteiger partial charge >= 0.3 is 0 Å². The molecule has 0 spiro atoms. The molecule has 0 unspecified atom stereocenters. The lowest BCUT2D eigenvalue weighted by atomic mass is 10.1. The predicted octanol–water partition coefficient (Wildman–Crippen LogP) is 6.38. The zero-order valence-corrected chi connectivity index (χ0v) is 16.0. The number of phenols is 1. The molecule has 0 aliphatic heterocycles. The van der Waals surface area contributed by atoms with Gasteiger partial charge in [0, 0.05) is 12.4 Å². The molecule has 0 amide bonds. The Morgan fingerprint density at radius 2 is 0.759 bits per heavy atom. The summed E-state index contributed by atoms with van der Waals surface area (Å²) in [5.41, 5.74) is 4.45. The average Bonchev–Trinajstić information content (AvgIpc) is 2.82. The summed E-state index contributed by atoms with van der Waals surface area (Å²) in [4.78, 5) is 8.24. The molecule has 4 aromatic carbocycles. The third kappa shape index (κ3) is 6.60. The molecule has 0 aliphatic rings. The van der Waals surface area contributed by atoms with Gasteiger partial charge in [-0.1, -0.05) is 91.0 Å². The highest BCUT2D eigenvalue weighted by Gasteiger charge is 1.92. The number of nitrogens with zero attached hydrogens (tertiary/aromatic N) is 2. The van der Waals surface area contributed by atoms with Gasteiger partial charge in [-0.15, -0.1) is 0 Å². The van der Waals surface area contributed by atoms with Crippen molar-refractivity contribution in [3.8, 4) is 16.9 Å². The van der Waals surface area contributed by atoms with E-state index in [1.165, 1.54) is 11.1 Å². The van der Waals surface area contributed by atoms with Crippen LogP contribution in [0.1, 0.15) is 0 Å². The number of hydrogen-bond acceptors (Lipinski definition) is 3. The minimum absolute atomic E-state index is 0.322. The lowest BCUT2D eigenvalue weighted by molar-refractivity contribution is 0.475. The van der Waals surface area contributed by atoms with Gasteiger partial charge in [0.05, 0.1) is 11.0 Å². The topological polar surface area (TPSA) is 46.0 Å². The molecule has 1 N–H and O–H groups in total. The van der Waals surface area contributed by atoms with Crippen LogP contribution in [0.15, 0.2) is 128 Å². The van der Waals surface area contributed by atoms with E-state index >= 15 is 0 Å². The van der Waals surface area contributed by atoms with Crippen molar-refractivity contribution < 1.29 is 5.11 Å². The van der Waals surface area contributed by atoms with Crippen LogP contribution >= 0.6 is 0 Å². The molecule has 1 heterocycles. The molecular formula is C26H22N2O. The highest BCUT2D eigenvalue weighted by molar-refractivity contribution is 5.73. The van der Waals surface area contributed by atoms with Gasteiger partial charge in [0.15, 0.2) is 0 Å². The molecule has 0 aliphatic carbocycles. The van der Waals surface area contributed by atoms with Gasteiger partial charge in [-0.3, -0.25) is 9.97 Å². The Balaban J connectivity index is 0.000000129. The summed E-state index contributed by atoms with van der Waals surface area (Å²) in [5, 5.41) is 8.63. The molecule has 0 saturated heterocycles. The van der Waals surface area contributed by atoms with Crippen molar-refractivity contribution in [2.45, 2.75) is 0 Å². The number of phenolic OH excluding ortho intramolecular Hbond substituents is 1. The molecular weight excluding hydrogens is 356 g/mol. The van der Waals surface area contributed by atoms with Crippen LogP contribution in [0.5, 0.6) is 5.75 Å². The maximum Gasteiger partial charge on any atom is 0.115 e. The zero-order chi connectivity index (χ0) is 20.2. The Morgan fingerprint density at radius 1 is 0.414 bits per heavy atom. The van der Waals surface area contributed by atoms with E-state index in [2.05, 4.69) is 58.5 Å². The first-order valence-corrected chi connectivity index (χ1v) is 9.33. The Labute approximate surface area is 171 Å². The van der Waals surface area contributed by atoms with Crippen molar-refractivity contribution >= 4 is 11.0 Å². The maximum absolute atomic E-state index is 8.63. The predicted molar refractivity (Wildman–Crippen MR) is 120 cm³/mol. The highest BCUT2D eigenvalue weighted by Crippen LogP contribution is 2.17. The molecule has 142 valence electrons. The van der Waals surface area contributed by atoms with Gasteiger partial charge in [0.2, 0.25) is 0 Å². The summed E-state index contributed by atoms with van der Waals surface area (Å²) >= 11 is 0. The van der Waals surface area contributed by atoms with Crippen LogP contribution in [0, 0.1) is 0 Å². The van der Waals surface area contributed by atoms with E-state index in [1.807, 2.05) is 42.5 Å². The first-order chi connectivity index (χ1) is 14.3. The minimum atomic E-state index is 0.322. The summed E-state index contributed by atoms with van der Waals surface area (Å²) < 4.78 is 0. The van der Waals surface area contributed by atoms with Crippen molar-refractivity contribution in [1.82, 2.24) is 9.97 Å². The maximum atomic E-state index is 8.63. The van der Waals surface area contributed by atoms with Crippen LogP contribution in [0.2, 0.25) is 0 Å². The second-order valence-corrected chi connectivity index (χ2v) is 6.11. The zero-order valence-electron chi connectivity index (χ0n) is 16.0. The van der Waals surface area contributed by atoms with Gasteiger partial charge in [0.25, 0.3) is 0 Å². The molecule has 0 fully saturated rings. The van der Waals surface area contributed by atoms with E-state index < -0.39 is 0 Å². The molecule has 0 saturated carbocycles. The molecule has 5 rings (SSSR count). The fourth-order valence-corrected chi connectivity index (χ4v) is 2.60. The average molecular weight is 378 g/mol. The van der Waals surface area contributed by atoms with Gasteiger partial charge in [-0.2, -0.15) is 0 Å². The summed E-state index contributed by atoms with van der Waals surface area (Å²) in [6.45, 7) is 0. The SMILES string of the molecule is Oc1ccccc1.c1ccc(-c2ccccc2)cc1.c1ccc2nccnc2c1. The first-order valence-electron chi connectivity index (χ1n) is 9.33. The fourth-order valence-electron chi connectivity index (χ4n) is 2.60. The summed E-state index contributed by atoms with van der Waals surface area (Å²) in [7, 11) is 0. The third-order valence-electron chi connectivity index (χ3n) is 4.01. The monoisotopic (exact) mass is 378 g/mol. The fraction of sp³-hybridized carbons (Fsp3) is 0. The summed E-state index contributed by atoms with van der Waals surface area (Å²) in [6.07, 6.45) is 3.39. The Bertz CT molecular complexity index is 995. The van der Waals surface area contributed by atoms with Crippen LogP contribution in [-0.2, 0) is 0 Å². The molecule has 29 heavy (non-hydrogen) atoms. The number of aromatic hydroxyl groups is 1. The number of fused-ring (bicyclic) bond motifs is 1. The largest absolute Gasteiger partial charge is 0.508 e. The summed E-state index contributed by atoms with van der Waals surface area (Å²) in [5.74, 6) is 0.322. The second-order valence-electron chi connectivity index (χ2n) is 6.11. The Hall–Kier alpha value is -3.98. The van der Waals surface area contributed by atoms with Gasteiger partial charge in [0.1, 0.15) is 5.75 Å². The lowest BCUT2D eigenvalue weighted by Gasteiger charge is -1.98. The van der Waals surface area contributed by atoms with Gasteiger partial charge in [-0.05, 0) is 35.4 Å². The van der Waals surface area contributed by atoms with Crippen LogP contribution in [0.3, 0.4) is 0 Å². The van der Waals surface area contributed by atoms with Crippen LogP contribution in [0.25, 0.3) is 22.2 Å². The molecule has 0 radical (unpaired) electrons. The van der Waals surface area contributed by atoms with Crippen molar-refractivity contribution in [3.05, 3.63) is 128 Å². The van der Waals surface area contributed by atoms with Gasteiger partial charge in [-0.25, -0.2) is 0 Å². The molecule has 3 nitrogen and oxygen atoms in total. The van der Waals surface area contributed by atoms with Crippen LogP contribution in [0.4, 0.5) is 0 Å². The molecule has 0 bridgehead atoms. The Morgan fingerprint density at radius 3 is 1.10 bits per heavy atom. The number of para-hydroxylation sites is 3. The van der Waals surface area contributed by atoms with Crippen LogP contribution < -0.4 is 0 Å². The normalized spacial score (nSPS) is 9.52. The number of benzene rings is 4. The van der Waals surface area contributed by atoms with E-state index in [0.717, 1.165) is 11.0 Å². The second kappa shape index (κ2) is 11.0. The smallest absolute Gasteiger partial charge is 0.115 e.